The average Bonchev–Trinajstić information content (AvgIpc) is 2.39. The highest BCUT2D eigenvalue weighted by atomic mass is 79.9. The Balaban J connectivity index is 2.12. The minimum atomic E-state index is 0.114. The lowest BCUT2D eigenvalue weighted by Gasteiger charge is -2.34. The number of aliphatic hydroxyl groups is 1. The highest BCUT2D eigenvalue weighted by molar-refractivity contribution is 9.10. The SMILES string of the molecule is CCC1CCN(c2ccc(Br)cc2CO)CC1. The summed E-state index contributed by atoms with van der Waals surface area (Å²) in [7, 11) is 0. The Morgan fingerprint density at radius 1 is 1.35 bits per heavy atom. The maximum absolute atomic E-state index is 9.42. The molecule has 1 fully saturated rings. The normalized spacial score (nSPS) is 17.5. The molecule has 0 amide bonds. The predicted molar refractivity (Wildman–Crippen MR) is 75.3 cm³/mol. The molecule has 0 aromatic heterocycles. The average molecular weight is 298 g/mol. The fraction of sp³-hybridized carbons (Fsp3) is 0.571. The Labute approximate surface area is 112 Å². The Morgan fingerprint density at radius 3 is 2.65 bits per heavy atom. The van der Waals surface area contributed by atoms with Crippen molar-refractivity contribution in [2.24, 2.45) is 5.92 Å². The van der Waals surface area contributed by atoms with Crippen LogP contribution in [-0.4, -0.2) is 18.2 Å². The van der Waals surface area contributed by atoms with Crippen LogP contribution in [0.15, 0.2) is 22.7 Å². The summed E-state index contributed by atoms with van der Waals surface area (Å²) in [5.74, 6) is 0.888. The first-order valence-electron chi connectivity index (χ1n) is 6.38. The van der Waals surface area contributed by atoms with E-state index in [1.54, 1.807) is 0 Å². The maximum Gasteiger partial charge on any atom is 0.0702 e. The van der Waals surface area contributed by atoms with E-state index in [4.69, 9.17) is 0 Å². The van der Waals surface area contributed by atoms with Gasteiger partial charge in [0, 0.05) is 28.8 Å². The van der Waals surface area contributed by atoms with Crippen molar-refractivity contribution in [2.75, 3.05) is 18.0 Å². The molecular weight excluding hydrogens is 278 g/mol. The van der Waals surface area contributed by atoms with Gasteiger partial charge in [-0.25, -0.2) is 0 Å². The van der Waals surface area contributed by atoms with E-state index in [-0.39, 0.29) is 6.61 Å². The van der Waals surface area contributed by atoms with Gasteiger partial charge < -0.3 is 10.0 Å². The molecule has 0 atom stereocenters. The molecule has 1 aliphatic heterocycles. The quantitative estimate of drug-likeness (QED) is 0.922. The van der Waals surface area contributed by atoms with Crippen molar-refractivity contribution in [3.05, 3.63) is 28.2 Å². The van der Waals surface area contributed by atoms with E-state index in [1.165, 1.54) is 24.9 Å². The minimum absolute atomic E-state index is 0.114. The zero-order valence-corrected chi connectivity index (χ0v) is 11.9. The van der Waals surface area contributed by atoms with Gasteiger partial charge >= 0.3 is 0 Å². The highest BCUT2D eigenvalue weighted by Gasteiger charge is 2.19. The Morgan fingerprint density at radius 2 is 2.06 bits per heavy atom. The molecule has 1 aromatic rings. The molecule has 1 N–H and O–H groups in total. The van der Waals surface area contributed by atoms with E-state index >= 15 is 0 Å². The molecule has 0 aliphatic carbocycles. The van der Waals surface area contributed by atoms with Crippen LogP contribution in [-0.2, 0) is 6.61 Å². The number of rotatable bonds is 3. The topological polar surface area (TPSA) is 23.5 Å². The number of aliphatic hydroxyl groups excluding tert-OH is 1. The second-order valence-corrected chi connectivity index (χ2v) is 5.69. The third-order valence-electron chi connectivity index (χ3n) is 3.74. The molecule has 1 saturated heterocycles. The van der Waals surface area contributed by atoms with E-state index in [0.29, 0.717) is 0 Å². The van der Waals surface area contributed by atoms with Gasteiger partial charge in [-0.15, -0.1) is 0 Å². The first-order chi connectivity index (χ1) is 8.24. The van der Waals surface area contributed by atoms with E-state index in [9.17, 15) is 5.11 Å². The van der Waals surface area contributed by atoms with Crippen LogP contribution in [0.2, 0.25) is 0 Å². The maximum atomic E-state index is 9.42. The number of halogens is 1. The molecule has 0 spiro atoms. The molecule has 17 heavy (non-hydrogen) atoms. The Kier molecular flexibility index (Phi) is 4.46. The van der Waals surface area contributed by atoms with E-state index in [2.05, 4.69) is 39.9 Å². The summed E-state index contributed by atoms with van der Waals surface area (Å²) in [5, 5.41) is 9.42. The number of anilines is 1. The van der Waals surface area contributed by atoms with Gasteiger partial charge in [-0.05, 0) is 37.0 Å². The predicted octanol–water partition coefficient (Wildman–Crippen LogP) is 3.57. The lowest BCUT2D eigenvalue weighted by atomic mass is 9.94. The lowest BCUT2D eigenvalue weighted by Crippen LogP contribution is -2.34. The Bertz CT molecular complexity index is 372. The van der Waals surface area contributed by atoms with Crippen molar-refractivity contribution in [1.82, 2.24) is 0 Å². The van der Waals surface area contributed by atoms with Crippen LogP contribution < -0.4 is 4.90 Å². The number of hydrogen-bond acceptors (Lipinski definition) is 2. The second kappa shape index (κ2) is 5.87. The number of nitrogens with zero attached hydrogens (tertiary/aromatic N) is 1. The van der Waals surface area contributed by atoms with Crippen molar-refractivity contribution in [3.63, 3.8) is 0 Å². The first-order valence-corrected chi connectivity index (χ1v) is 7.18. The van der Waals surface area contributed by atoms with Crippen LogP contribution >= 0.6 is 15.9 Å². The standard InChI is InChI=1S/C14H20BrNO/c1-2-11-5-7-16(8-6-11)14-4-3-13(15)9-12(14)10-17/h3-4,9,11,17H,2,5-8,10H2,1H3. The van der Waals surface area contributed by atoms with Crippen LogP contribution in [0.25, 0.3) is 0 Å². The Hall–Kier alpha value is -0.540. The van der Waals surface area contributed by atoms with Crippen molar-refractivity contribution in [2.45, 2.75) is 32.8 Å². The fourth-order valence-corrected chi connectivity index (χ4v) is 2.98. The summed E-state index contributed by atoms with van der Waals surface area (Å²) in [6.45, 7) is 4.63. The molecular formula is C14H20BrNO. The van der Waals surface area contributed by atoms with Crippen LogP contribution in [0.1, 0.15) is 31.7 Å². The highest BCUT2D eigenvalue weighted by Crippen LogP contribution is 2.29. The van der Waals surface area contributed by atoms with Gasteiger partial charge in [-0.1, -0.05) is 29.3 Å². The molecule has 3 heteroatoms. The molecule has 2 rings (SSSR count). The van der Waals surface area contributed by atoms with Gasteiger partial charge in [0.25, 0.3) is 0 Å². The van der Waals surface area contributed by atoms with Gasteiger partial charge in [-0.3, -0.25) is 0 Å². The molecule has 0 saturated carbocycles. The summed E-state index contributed by atoms with van der Waals surface area (Å²) in [4.78, 5) is 2.41. The van der Waals surface area contributed by atoms with Crippen LogP contribution in [0, 0.1) is 5.92 Å². The summed E-state index contributed by atoms with van der Waals surface area (Å²) < 4.78 is 1.04. The van der Waals surface area contributed by atoms with E-state index in [1.807, 2.05) is 6.07 Å². The van der Waals surface area contributed by atoms with Gasteiger partial charge in [0.15, 0.2) is 0 Å². The minimum Gasteiger partial charge on any atom is -0.392 e. The van der Waals surface area contributed by atoms with Crippen LogP contribution in [0.4, 0.5) is 5.69 Å². The molecule has 1 heterocycles. The van der Waals surface area contributed by atoms with E-state index < -0.39 is 0 Å². The van der Waals surface area contributed by atoms with Gasteiger partial charge in [0.05, 0.1) is 6.61 Å². The first kappa shape index (κ1) is 12.9. The number of piperidine rings is 1. The van der Waals surface area contributed by atoms with Crippen LogP contribution in [0.3, 0.4) is 0 Å². The molecule has 2 nitrogen and oxygen atoms in total. The number of benzene rings is 1. The summed E-state index contributed by atoms with van der Waals surface area (Å²) in [5.41, 5.74) is 2.22. The largest absolute Gasteiger partial charge is 0.392 e. The van der Waals surface area contributed by atoms with Crippen molar-refractivity contribution >= 4 is 21.6 Å². The van der Waals surface area contributed by atoms with Crippen LogP contribution in [0.5, 0.6) is 0 Å². The smallest absolute Gasteiger partial charge is 0.0702 e. The van der Waals surface area contributed by atoms with Crippen molar-refractivity contribution in [1.29, 1.82) is 0 Å². The molecule has 0 radical (unpaired) electrons. The third-order valence-corrected chi connectivity index (χ3v) is 4.24. The van der Waals surface area contributed by atoms with Crippen molar-refractivity contribution < 1.29 is 5.11 Å². The third kappa shape index (κ3) is 3.02. The fourth-order valence-electron chi connectivity index (χ4n) is 2.57. The van der Waals surface area contributed by atoms with Gasteiger partial charge in [0.1, 0.15) is 0 Å². The molecule has 1 aliphatic rings. The number of hydrogen-bond donors (Lipinski definition) is 1. The van der Waals surface area contributed by atoms with Crippen molar-refractivity contribution in [3.8, 4) is 0 Å². The van der Waals surface area contributed by atoms with E-state index in [0.717, 1.165) is 29.0 Å². The molecule has 0 unspecified atom stereocenters. The summed E-state index contributed by atoms with van der Waals surface area (Å²) in [6.07, 6.45) is 3.84. The summed E-state index contributed by atoms with van der Waals surface area (Å²) >= 11 is 3.45. The zero-order valence-electron chi connectivity index (χ0n) is 10.3. The van der Waals surface area contributed by atoms with Gasteiger partial charge in [-0.2, -0.15) is 0 Å². The lowest BCUT2D eigenvalue weighted by molar-refractivity contribution is 0.281. The summed E-state index contributed by atoms with van der Waals surface area (Å²) in [6, 6.07) is 6.18. The zero-order chi connectivity index (χ0) is 12.3. The second-order valence-electron chi connectivity index (χ2n) is 4.77. The van der Waals surface area contributed by atoms with Gasteiger partial charge in [0.2, 0.25) is 0 Å². The molecule has 1 aromatic carbocycles. The molecule has 94 valence electrons. The monoisotopic (exact) mass is 297 g/mol. The molecule has 0 bridgehead atoms.